The van der Waals surface area contributed by atoms with Gasteiger partial charge in [-0.05, 0) is 44.5 Å². The Morgan fingerprint density at radius 3 is 2.59 bits per heavy atom. The molecule has 39 heavy (non-hydrogen) atoms. The molecular formula is C29H38ClN5O4. The maximum Gasteiger partial charge on any atom is 0.318 e. The van der Waals surface area contributed by atoms with Crippen LogP contribution >= 0.6 is 11.6 Å². The molecule has 3 amide bonds. The summed E-state index contributed by atoms with van der Waals surface area (Å²) >= 11 is 6.58. The van der Waals surface area contributed by atoms with Crippen LogP contribution in [-0.4, -0.2) is 91.0 Å². The molecule has 1 fully saturated rings. The second-order valence-corrected chi connectivity index (χ2v) is 11.2. The molecule has 0 radical (unpaired) electrons. The SMILES string of the molecule is COc1cccc(C2=NN(C(=O)CN(CCN3CCOCC3)C(=O)NC(C)(C)C)[C@@H](c3ccccc3Cl)C2)c1. The van der Waals surface area contributed by atoms with E-state index >= 15 is 0 Å². The van der Waals surface area contributed by atoms with Gasteiger partial charge in [0.15, 0.2) is 0 Å². The van der Waals surface area contributed by atoms with Gasteiger partial charge in [-0.1, -0.05) is 41.9 Å². The van der Waals surface area contributed by atoms with Gasteiger partial charge >= 0.3 is 6.03 Å². The number of hydrogen-bond acceptors (Lipinski definition) is 6. The third-order valence-electron chi connectivity index (χ3n) is 6.72. The maximum absolute atomic E-state index is 13.9. The normalized spacial score (nSPS) is 18.0. The summed E-state index contributed by atoms with van der Waals surface area (Å²) in [5.41, 5.74) is 2.00. The van der Waals surface area contributed by atoms with Crippen molar-refractivity contribution in [2.24, 2.45) is 5.10 Å². The number of urea groups is 1. The average molecular weight is 556 g/mol. The highest BCUT2D eigenvalue weighted by molar-refractivity contribution is 6.31. The van der Waals surface area contributed by atoms with Gasteiger partial charge in [0.1, 0.15) is 12.3 Å². The van der Waals surface area contributed by atoms with Crippen LogP contribution in [0.3, 0.4) is 0 Å². The number of methoxy groups -OCH3 is 1. The number of halogens is 1. The molecule has 0 unspecified atom stereocenters. The number of benzene rings is 2. The maximum atomic E-state index is 13.9. The molecule has 0 aromatic heterocycles. The second-order valence-electron chi connectivity index (χ2n) is 10.8. The average Bonchev–Trinajstić information content (AvgIpc) is 3.36. The van der Waals surface area contributed by atoms with E-state index < -0.39 is 5.54 Å². The van der Waals surface area contributed by atoms with Crippen LogP contribution in [0.2, 0.25) is 5.02 Å². The zero-order chi connectivity index (χ0) is 28.0. The minimum atomic E-state index is -0.442. The van der Waals surface area contributed by atoms with E-state index in [0.29, 0.717) is 43.5 Å². The largest absolute Gasteiger partial charge is 0.497 e. The molecule has 10 heteroatoms. The van der Waals surface area contributed by atoms with Gasteiger partial charge in [0.2, 0.25) is 0 Å². The summed E-state index contributed by atoms with van der Waals surface area (Å²) in [7, 11) is 1.62. The van der Waals surface area contributed by atoms with E-state index in [1.807, 2.05) is 69.3 Å². The molecule has 0 spiro atoms. The lowest BCUT2D eigenvalue weighted by Gasteiger charge is -2.33. The number of morpholine rings is 1. The van der Waals surface area contributed by atoms with Crippen molar-refractivity contribution in [1.82, 2.24) is 20.1 Å². The summed E-state index contributed by atoms with van der Waals surface area (Å²) < 4.78 is 10.8. The number of amides is 3. The van der Waals surface area contributed by atoms with Gasteiger partial charge in [-0.25, -0.2) is 9.80 Å². The standard InChI is InChI=1S/C29H38ClN5O4/c1-29(2,3)31-28(37)34(13-12-33-14-16-39-17-15-33)20-27(36)35-26(23-10-5-6-11-24(23)30)19-25(32-35)21-8-7-9-22(18-21)38-4/h5-11,18,26H,12-17,19-20H2,1-4H3,(H,31,37)/t26-/m1/s1. The fourth-order valence-corrected chi connectivity index (χ4v) is 4.94. The van der Waals surface area contributed by atoms with Crippen molar-refractivity contribution in [3.8, 4) is 5.75 Å². The molecule has 1 atom stereocenters. The van der Waals surface area contributed by atoms with Crippen LogP contribution in [0.5, 0.6) is 5.75 Å². The van der Waals surface area contributed by atoms with Crippen molar-refractivity contribution in [2.75, 3.05) is 53.0 Å². The number of carbonyl (C=O) groups excluding carboxylic acids is 2. The van der Waals surface area contributed by atoms with Gasteiger partial charge in [-0.2, -0.15) is 5.10 Å². The Morgan fingerprint density at radius 1 is 1.15 bits per heavy atom. The Morgan fingerprint density at radius 2 is 1.90 bits per heavy atom. The number of ether oxygens (including phenoxy) is 2. The van der Waals surface area contributed by atoms with Gasteiger partial charge < -0.3 is 19.7 Å². The molecule has 2 aliphatic heterocycles. The van der Waals surface area contributed by atoms with Crippen molar-refractivity contribution in [3.63, 3.8) is 0 Å². The summed E-state index contributed by atoms with van der Waals surface area (Å²) in [5, 5.41) is 9.83. The molecule has 0 saturated carbocycles. The van der Waals surface area contributed by atoms with Crippen LogP contribution in [0.15, 0.2) is 53.6 Å². The van der Waals surface area contributed by atoms with Crippen molar-refractivity contribution >= 4 is 29.3 Å². The molecule has 2 aliphatic rings. The van der Waals surface area contributed by atoms with Gasteiger partial charge in [0.25, 0.3) is 5.91 Å². The number of nitrogens with zero attached hydrogens (tertiary/aromatic N) is 4. The van der Waals surface area contributed by atoms with E-state index in [2.05, 4.69) is 10.2 Å². The van der Waals surface area contributed by atoms with Crippen LogP contribution in [0.25, 0.3) is 0 Å². The third-order valence-corrected chi connectivity index (χ3v) is 7.06. The van der Waals surface area contributed by atoms with Crippen LogP contribution in [0.1, 0.15) is 44.4 Å². The van der Waals surface area contributed by atoms with Crippen molar-refractivity contribution in [3.05, 3.63) is 64.7 Å². The zero-order valence-corrected chi connectivity index (χ0v) is 23.9. The van der Waals surface area contributed by atoms with Crippen LogP contribution in [0, 0.1) is 0 Å². The lowest BCUT2D eigenvalue weighted by molar-refractivity contribution is -0.133. The monoisotopic (exact) mass is 555 g/mol. The molecule has 1 saturated heterocycles. The Labute approximate surface area is 235 Å². The third kappa shape index (κ3) is 7.71. The van der Waals surface area contributed by atoms with Gasteiger partial charge in [0.05, 0.1) is 32.1 Å². The number of carbonyl (C=O) groups is 2. The fourth-order valence-electron chi connectivity index (χ4n) is 4.68. The molecule has 1 N–H and O–H groups in total. The predicted molar refractivity (Wildman–Crippen MR) is 152 cm³/mol. The molecule has 2 aromatic rings. The molecule has 0 aliphatic carbocycles. The van der Waals surface area contributed by atoms with E-state index in [1.165, 1.54) is 5.01 Å². The highest BCUT2D eigenvalue weighted by atomic mass is 35.5. The van der Waals surface area contributed by atoms with E-state index in [0.717, 1.165) is 29.9 Å². The first kappa shape index (κ1) is 28.9. The summed E-state index contributed by atoms with van der Waals surface area (Å²) in [6.45, 7) is 9.66. The molecule has 2 aromatic carbocycles. The Kier molecular flexibility index (Phi) is 9.48. The molecule has 9 nitrogen and oxygen atoms in total. The number of hydrazone groups is 1. The van der Waals surface area contributed by atoms with Crippen molar-refractivity contribution < 1.29 is 19.1 Å². The van der Waals surface area contributed by atoms with E-state index in [1.54, 1.807) is 12.0 Å². The van der Waals surface area contributed by atoms with E-state index in [9.17, 15) is 9.59 Å². The first-order valence-corrected chi connectivity index (χ1v) is 13.7. The topological polar surface area (TPSA) is 86.7 Å². The second kappa shape index (κ2) is 12.8. The highest BCUT2D eigenvalue weighted by Crippen LogP contribution is 2.36. The van der Waals surface area contributed by atoms with Gasteiger partial charge in [-0.15, -0.1) is 0 Å². The molecule has 210 valence electrons. The fraction of sp³-hybridized carbons (Fsp3) is 0.483. The number of hydrogen-bond donors (Lipinski definition) is 1. The first-order chi connectivity index (χ1) is 18.6. The minimum Gasteiger partial charge on any atom is -0.497 e. The van der Waals surface area contributed by atoms with Crippen LogP contribution in [-0.2, 0) is 9.53 Å². The lowest BCUT2D eigenvalue weighted by Crippen LogP contribution is -2.53. The van der Waals surface area contributed by atoms with Gasteiger partial charge in [-0.3, -0.25) is 9.69 Å². The highest BCUT2D eigenvalue weighted by Gasteiger charge is 2.36. The lowest BCUT2D eigenvalue weighted by atomic mass is 9.98. The molecule has 0 bridgehead atoms. The first-order valence-electron chi connectivity index (χ1n) is 13.3. The smallest absolute Gasteiger partial charge is 0.318 e. The van der Waals surface area contributed by atoms with Crippen molar-refractivity contribution in [1.29, 1.82) is 0 Å². The molecular weight excluding hydrogens is 518 g/mol. The Balaban J connectivity index is 1.59. The van der Waals surface area contributed by atoms with E-state index in [-0.39, 0.29) is 24.5 Å². The molecule has 2 heterocycles. The summed E-state index contributed by atoms with van der Waals surface area (Å²) in [4.78, 5) is 31.0. The Hall–Kier alpha value is -3.14. The summed E-state index contributed by atoms with van der Waals surface area (Å²) in [6.07, 6.45) is 0.491. The van der Waals surface area contributed by atoms with Crippen molar-refractivity contribution in [2.45, 2.75) is 38.8 Å². The predicted octanol–water partition coefficient (Wildman–Crippen LogP) is 4.17. The quantitative estimate of drug-likeness (QED) is 0.528. The van der Waals surface area contributed by atoms with Gasteiger partial charge in [0, 0.05) is 48.7 Å². The number of rotatable bonds is 8. The Bertz CT molecular complexity index is 1190. The summed E-state index contributed by atoms with van der Waals surface area (Å²) in [5.74, 6) is 0.436. The minimum absolute atomic E-state index is 0.109. The van der Waals surface area contributed by atoms with Crippen LogP contribution < -0.4 is 10.1 Å². The van der Waals surface area contributed by atoms with Crippen LogP contribution in [0.4, 0.5) is 4.79 Å². The summed E-state index contributed by atoms with van der Waals surface area (Å²) in [6, 6.07) is 14.4. The van der Waals surface area contributed by atoms with E-state index in [4.69, 9.17) is 26.2 Å². The molecule has 4 rings (SSSR count). The zero-order valence-electron chi connectivity index (χ0n) is 23.2. The number of nitrogens with one attached hydrogen (secondary N) is 1.